The Morgan fingerprint density at radius 1 is 1.25 bits per heavy atom. The number of amides is 3. The third-order valence-electron chi connectivity index (χ3n) is 5.11. The summed E-state index contributed by atoms with van der Waals surface area (Å²) in [7, 11) is 1.68. The Balaban J connectivity index is 1.60. The largest absolute Gasteiger partial charge is 0.383 e. The van der Waals surface area contributed by atoms with E-state index < -0.39 is 6.03 Å². The molecule has 0 radical (unpaired) electrons. The van der Waals surface area contributed by atoms with Crippen molar-refractivity contribution < 1.29 is 14.3 Å². The molecule has 0 unspecified atom stereocenters. The highest BCUT2D eigenvalue weighted by molar-refractivity contribution is 5.77. The molecule has 3 amide bonds. The van der Waals surface area contributed by atoms with Crippen molar-refractivity contribution in [3.05, 3.63) is 24.2 Å². The summed E-state index contributed by atoms with van der Waals surface area (Å²) >= 11 is 0. The normalized spacial score (nSPS) is 15.8. The fraction of sp³-hybridized carbons (Fsp3) is 0.579. The summed E-state index contributed by atoms with van der Waals surface area (Å²) < 4.78 is 7.41. The van der Waals surface area contributed by atoms with Crippen molar-refractivity contribution in [1.82, 2.24) is 24.3 Å². The summed E-state index contributed by atoms with van der Waals surface area (Å²) in [5, 5.41) is 0. The summed E-state index contributed by atoms with van der Waals surface area (Å²) in [6.07, 6.45) is 3.61. The number of methoxy groups -OCH3 is 1. The molecule has 0 bridgehead atoms. The molecule has 3 heterocycles. The molecule has 0 spiro atoms. The fourth-order valence-corrected chi connectivity index (χ4v) is 3.66. The van der Waals surface area contributed by atoms with Gasteiger partial charge in [0, 0.05) is 52.3 Å². The number of primary amides is 1. The molecule has 2 N–H and O–H groups in total. The predicted molar refractivity (Wildman–Crippen MR) is 105 cm³/mol. The summed E-state index contributed by atoms with van der Waals surface area (Å²) in [5.74, 6) is 1.03. The molecule has 1 fully saturated rings. The average Bonchev–Trinajstić information content (AvgIpc) is 3.06. The number of ether oxygens (including phenoxy) is 1. The van der Waals surface area contributed by atoms with Crippen molar-refractivity contribution in [3.8, 4) is 0 Å². The zero-order valence-electron chi connectivity index (χ0n) is 16.5. The molecule has 0 saturated carbocycles. The zero-order chi connectivity index (χ0) is 20.1. The molecule has 2 aromatic rings. The van der Waals surface area contributed by atoms with Crippen LogP contribution in [-0.2, 0) is 16.0 Å². The average molecular weight is 388 g/mol. The lowest BCUT2D eigenvalue weighted by molar-refractivity contribution is -0.132. The number of nitrogens with two attached hydrogens (primary N) is 1. The van der Waals surface area contributed by atoms with Gasteiger partial charge in [0.1, 0.15) is 11.3 Å². The van der Waals surface area contributed by atoms with Crippen LogP contribution in [-0.4, -0.2) is 76.2 Å². The number of hydrogen-bond donors (Lipinski definition) is 1. The number of aryl methyl sites for hydroxylation is 1. The second-order valence-electron chi connectivity index (χ2n) is 7.11. The molecule has 2 aromatic heterocycles. The van der Waals surface area contributed by atoms with E-state index in [9.17, 15) is 9.59 Å². The van der Waals surface area contributed by atoms with E-state index in [1.165, 1.54) is 0 Å². The highest BCUT2D eigenvalue weighted by Crippen LogP contribution is 2.21. The minimum atomic E-state index is -0.426. The minimum absolute atomic E-state index is 0.106. The number of carbonyl (C=O) groups excluding carboxylic acids is 2. The number of piperazine rings is 1. The molecule has 9 heteroatoms. The van der Waals surface area contributed by atoms with Crippen LogP contribution in [0.25, 0.3) is 11.2 Å². The topological polar surface area (TPSA) is 107 Å². The molecule has 1 aliphatic heterocycles. The molecular weight excluding hydrogens is 360 g/mol. The quantitative estimate of drug-likeness (QED) is 0.767. The first-order chi connectivity index (χ1) is 13.5. The Morgan fingerprint density at radius 3 is 2.64 bits per heavy atom. The van der Waals surface area contributed by atoms with E-state index >= 15 is 0 Å². The van der Waals surface area contributed by atoms with Gasteiger partial charge < -0.3 is 24.8 Å². The van der Waals surface area contributed by atoms with Crippen molar-refractivity contribution in [1.29, 1.82) is 0 Å². The van der Waals surface area contributed by atoms with Gasteiger partial charge in [0.05, 0.1) is 12.6 Å². The number of rotatable bonds is 7. The molecule has 9 nitrogen and oxygen atoms in total. The van der Waals surface area contributed by atoms with E-state index in [2.05, 4.69) is 16.5 Å². The number of imidazole rings is 1. The van der Waals surface area contributed by atoms with Crippen LogP contribution in [0.2, 0.25) is 0 Å². The Morgan fingerprint density at radius 2 is 1.96 bits per heavy atom. The lowest BCUT2D eigenvalue weighted by atomic mass is 10.2. The summed E-state index contributed by atoms with van der Waals surface area (Å²) in [4.78, 5) is 36.2. The second kappa shape index (κ2) is 9.01. The first kappa shape index (κ1) is 20.1. The van der Waals surface area contributed by atoms with Crippen molar-refractivity contribution in [2.45, 2.75) is 32.2 Å². The number of urea groups is 1. The van der Waals surface area contributed by atoms with Gasteiger partial charge in [0.15, 0.2) is 5.65 Å². The van der Waals surface area contributed by atoms with E-state index in [1.807, 2.05) is 12.1 Å². The molecule has 1 saturated heterocycles. The maximum Gasteiger partial charge on any atom is 0.314 e. The molecule has 3 rings (SSSR count). The standard InChI is InChI=1S/C19H28N6O3/c1-14(13-28-2)25-16(22-15-5-4-8-21-18(15)25)6-3-7-17(26)23-9-11-24(12-10-23)19(20)27/h4-5,8,14H,3,6-7,9-13H2,1-2H3,(H2,20,27)/t14-/m0/s1. The van der Waals surface area contributed by atoms with Gasteiger partial charge in [-0.3, -0.25) is 4.79 Å². The first-order valence-electron chi connectivity index (χ1n) is 9.64. The van der Waals surface area contributed by atoms with Crippen LogP contribution in [0.5, 0.6) is 0 Å². The third kappa shape index (κ3) is 4.41. The van der Waals surface area contributed by atoms with E-state index in [0.717, 1.165) is 17.0 Å². The van der Waals surface area contributed by atoms with Crippen LogP contribution in [0, 0.1) is 0 Å². The second-order valence-corrected chi connectivity index (χ2v) is 7.11. The number of fused-ring (bicyclic) bond motifs is 1. The molecular formula is C19H28N6O3. The number of carbonyl (C=O) groups is 2. The van der Waals surface area contributed by atoms with Gasteiger partial charge in [-0.2, -0.15) is 0 Å². The summed E-state index contributed by atoms with van der Waals surface area (Å²) in [6, 6.07) is 3.51. The van der Waals surface area contributed by atoms with Crippen molar-refractivity contribution in [3.63, 3.8) is 0 Å². The Kier molecular flexibility index (Phi) is 6.45. The maximum absolute atomic E-state index is 12.5. The Bertz CT molecular complexity index is 828. The zero-order valence-corrected chi connectivity index (χ0v) is 16.5. The highest BCUT2D eigenvalue weighted by Gasteiger charge is 2.23. The van der Waals surface area contributed by atoms with Crippen LogP contribution in [0.4, 0.5) is 4.79 Å². The van der Waals surface area contributed by atoms with Gasteiger partial charge in [-0.05, 0) is 25.5 Å². The molecule has 1 aliphatic rings. The van der Waals surface area contributed by atoms with Crippen LogP contribution in [0.15, 0.2) is 18.3 Å². The van der Waals surface area contributed by atoms with Crippen LogP contribution in [0.3, 0.4) is 0 Å². The molecule has 1 atom stereocenters. The van der Waals surface area contributed by atoms with Gasteiger partial charge in [0.25, 0.3) is 0 Å². The lowest BCUT2D eigenvalue weighted by Crippen LogP contribution is -2.52. The molecule has 152 valence electrons. The fourth-order valence-electron chi connectivity index (χ4n) is 3.66. The van der Waals surface area contributed by atoms with E-state index in [-0.39, 0.29) is 11.9 Å². The lowest BCUT2D eigenvalue weighted by Gasteiger charge is -2.33. The molecule has 0 aliphatic carbocycles. The van der Waals surface area contributed by atoms with Crippen molar-refractivity contribution >= 4 is 23.1 Å². The SMILES string of the molecule is COC[C@H](C)n1c(CCCC(=O)N2CCN(C(N)=O)CC2)nc2cccnc21. The molecule has 28 heavy (non-hydrogen) atoms. The predicted octanol–water partition coefficient (Wildman–Crippen LogP) is 1.18. The van der Waals surface area contributed by atoms with Gasteiger partial charge in [0.2, 0.25) is 5.91 Å². The van der Waals surface area contributed by atoms with Gasteiger partial charge in [-0.25, -0.2) is 14.8 Å². The third-order valence-corrected chi connectivity index (χ3v) is 5.11. The van der Waals surface area contributed by atoms with Crippen molar-refractivity contribution in [2.75, 3.05) is 39.9 Å². The van der Waals surface area contributed by atoms with Crippen LogP contribution in [0.1, 0.15) is 31.6 Å². The first-order valence-corrected chi connectivity index (χ1v) is 9.64. The van der Waals surface area contributed by atoms with Gasteiger partial charge in [-0.1, -0.05) is 0 Å². The molecule has 0 aromatic carbocycles. The minimum Gasteiger partial charge on any atom is -0.383 e. The summed E-state index contributed by atoms with van der Waals surface area (Å²) in [6.45, 7) is 4.71. The highest BCUT2D eigenvalue weighted by atomic mass is 16.5. The number of pyridine rings is 1. The van der Waals surface area contributed by atoms with E-state index in [0.29, 0.717) is 52.0 Å². The van der Waals surface area contributed by atoms with Gasteiger partial charge in [-0.15, -0.1) is 0 Å². The van der Waals surface area contributed by atoms with Crippen molar-refractivity contribution in [2.24, 2.45) is 5.73 Å². The monoisotopic (exact) mass is 388 g/mol. The van der Waals surface area contributed by atoms with E-state index in [4.69, 9.17) is 15.5 Å². The number of hydrogen-bond acceptors (Lipinski definition) is 5. The van der Waals surface area contributed by atoms with Crippen LogP contribution < -0.4 is 5.73 Å². The Hall–Kier alpha value is -2.68. The Labute approximate surface area is 164 Å². The van der Waals surface area contributed by atoms with E-state index in [1.54, 1.807) is 23.1 Å². The summed E-state index contributed by atoms with van der Waals surface area (Å²) in [5.41, 5.74) is 6.98. The number of nitrogens with zero attached hydrogens (tertiary/aromatic N) is 5. The maximum atomic E-state index is 12.5. The smallest absolute Gasteiger partial charge is 0.314 e. The number of aromatic nitrogens is 3. The van der Waals surface area contributed by atoms with Gasteiger partial charge >= 0.3 is 6.03 Å². The van der Waals surface area contributed by atoms with Crippen LogP contribution >= 0.6 is 0 Å².